The molecule has 2 amide bonds. The largest absolute Gasteiger partial charge is 0.368 e. The van der Waals surface area contributed by atoms with E-state index in [0.29, 0.717) is 23.0 Å². The highest BCUT2D eigenvalue weighted by atomic mass is 16.6. The molecule has 5 heteroatoms. The van der Waals surface area contributed by atoms with Crippen LogP contribution in [0.2, 0.25) is 0 Å². The van der Waals surface area contributed by atoms with E-state index in [9.17, 15) is 15.2 Å². The van der Waals surface area contributed by atoms with Crippen molar-refractivity contribution in [3.05, 3.63) is 25.3 Å². The number of hydrogen-bond acceptors (Lipinski definition) is 3. The Morgan fingerprint density at radius 3 is 2.14 bits per heavy atom. The van der Waals surface area contributed by atoms with E-state index in [1.165, 1.54) is 0 Å². The van der Waals surface area contributed by atoms with E-state index in [1.54, 1.807) is 12.2 Å². The minimum Gasteiger partial charge on any atom is -0.284 e. The molecule has 78 valence electrons. The van der Waals surface area contributed by atoms with Crippen molar-refractivity contribution in [3.63, 3.8) is 0 Å². The van der Waals surface area contributed by atoms with Gasteiger partial charge in [-0.25, -0.2) is 9.86 Å². The van der Waals surface area contributed by atoms with Crippen molar-refractivity contribution in [2.24, 2.45) is 0 Å². The molecule has 1 aliphatic rings. The zero-order valence-electron chi connectivity index (χ0n) is 7.89. The van der Waals surface area contributed by atoms with E-state index in [2.05, 4.69) is 13.2 Å². The van der Waals surface area contributed by atoms with Crippen molar-refractivity contribution in [2.45, 2.75) is 18.4 Å². The van der Waals surface area contributed by atoms with E-state index in [0.717, 1.165) is 0 Å². The summed E-state index contributed by atoms with van der Waals surface area (Å²) in [5, 5.41) is 19.7. The summed E-state index contributed by atoms with van der Waals surface area (Å²) in [6, 6.07) is -0.811. The molecule has 0 spiro atoms. The summed E-state index contributed by atoms with van der Waals surface area (Å²) in [5.41, 5.74) is -0.824. The first-order valence-electron chi connectivity index (χ1n) is 4.28. The fraction of sp³-hybridized carbons (Fsp3) is 0.444. The third-order valence-electron chi connectivity index (χ3n) is 2.34. The second kappa shape index (κ2) is 3.81. The van der Waals surface area contributed by atoms with Gasteiger partial charge in [-0.3, -0.25) is 10.4 Å². The van der Waals surface area contributed by atoms with Crippen molar-refractivity contribution in [2.75, 3.05) is 6.54 Å². The van der Waals surface area contributed by atoms with Crippen molar-refractivity contribution >= 4 is 6.03 Å². The van der Waals surface area contributed by atoms with E-state index in [4.69, 9.17) is 0 Å². The number of carbonyl (C=O) groups excluding carboxylic acids is 1. The average Bonchev–Trinajstić information content (AvgIpc) is 2.33. The van der Waals surface area contributed by atoms with Gasteiger partial charge in [0.25, 0.3) is 0 Å². The van der Waals surface area contributed by atoms with Crippen LogP contribution in [0.4, 0.5) is 4.79 Å². The minimum atomic E-state index is -0.824. The maximum atomic E-state index is 11.2. The van der Waals surface area contributed by atoms with E-state index < -0.39 is 11.6 Å². The van der Waals surface area contributed by atoms with Crippen molar-refractivity contribution in [3.8, 4) is 0 Å². The topological polar surface area (TPSA) is 64.0 Å². The lowest BCUT2D eigenvalue weighted by Crippen LogP contribution is -2.44. The molecule has 0 aromatic heterocycles. The summed E-state index contributed by atoms with van der Waals surface area (Å²) in [5.74, 6) is 0. The van der Waals surface area contributed by atoms with Gasteiger partial charge in [0.05, 0.1) is 12.1 Å². The molecule has 0 bridgehead atoms. The normalized spacial score (nSPS) is 20.0. The van der Waals surface area contributed by atoms with E-state index in [1.807, 2.05) is 0 Å². The predicted molar refractivity (Wildman–Crippen MR) is 49.9 cm³/mol. The summed E-state index contributed by atoms with van der Waals surface area (Å²) < 4.78 is 0. The first kappa shape index (κ1) is 10.7. The quantitative estimate of drug-likeness (QED) is 0.530. The molecule has 0 radical (unpaired) electrons. The number of rotatable bonds is 4. The Balaban J connectivity index is 2.92. The van der Waals surface area contributed by atoms with Gasteiger partial charge in [-0.1, -0.05) is 12.2 Å². The van der Waals surface area contributed by atoms with Gasteiger partial charge in [-0.15, -0.1) is 13.2 Å². The molecule has 0 unspecified atom stereocenters. The molecule has 1 saturated heterocycles. The summed E-state index contributed by atoms with van der Waals surface area (Å²) >= 11 is 0. The van der Waals surface area contributed by atoms with Gasteiger partial charge in [0.2, 0.25) is 0 Å². The average molecular weight is 198 g/mol. The lowest BCUT2D eigenvalue weighted by Gasteiger charge is -2.29. The zero-order valence-corrected chi connectivity index (χ0v) is 7.89. The number of carbonyl (C=O) groups is 1. The monoisotopic (exact) mass is 198 g/mol. The Morgan fingerprint density at radius 2 is 1.86 bits per heavy atom. The molecule has 2 N–H and O–H groups in total. The van der Waals surface area contributed by atoms with Crippen LogP contribution in [-0.4, -0.2) is 38.7 Å². The predicted octanol–water partition coefficient (Wildman–Crippen LogP) is 1.39. The molecule has 0 aliphatic carbocycles. The zero-order chi connectivity index (χ0) is 10.8. The van der Waals surface area contributed by atoms with E-state index in [-0.39, 0.29) is 6.54 Å². The molecular formula is C9H14N2O3. The smallest absolute Gasteiger partial charge is 0.284 e. The third kappa shape index (κ3) is 1.51. The van der Waals surface area contributed by atoms with Gasteiger partial charge < -0.3 is 0 Å². The number of hydroxylamine groups is 4. The van der Waals surface area contributed by atoms with Crippen LogP contribution < -0.4 is 0 Å². The maximum absolute atomic E-state index is 11.2. The molecule has 14 heavy (non-hydrogen) atoms. The Labute approximate surface area is 82.5 Å². The fourth-order valence-corrected chi connectivity index (χ4v) is 1.65. The molecule has 1 heterocycles. The highest BCUT2D eigenvalue weighted by molar-refractivity contribution is 5.75. The van der Waals surface area contributed by atoms with Gasteiger partial charge >= 0.3 is 6.03 Å². The van der Waals surface area contributed by atoms with Crippen LogP contribution in [0.3, 0.4) is 0 Å². The van der Waals surface area contributed by atoms with Crippen LogP contribution in [0.15, 0.2) is 25.3 Å². The molecule has 1 aliphatic heterocycles. The fourth-order valence-electron chi connectivity index (χ4n) is 1.65. The standard InChI is InChI=1S/C9H14N2O3/c1-3-5-9(6-4-2)7-10(13)8(12)11(9)14/h3-4,13-14H,1-2,5-7H2. The molecule has 0 atom stereocenters. The van der Waals surface area contributed by atoms with Crippen molar-refractivity contribution in [1.29, 1.82) is 0 Å². The minimum absolute atomic E-state index is 0.0559. The third-order valence-corrected chi connectivity index (χ3v) is 2.34. The van der Waals surface area contributed by atoms with Crippen LogP contribution in [0.5, 0.6) is 0 Å². The second-order valence-electron chi connectivity index (χ2n) is 3.36. The second-order valence-corrected chi connectivity index (χ2v) is 3.36. The molecule has 1 fully saturated rings. The first-order chi connectivity index (χ1) is 6.57. The Hall–Kier alpha value is -1.33. The Bertz CT molecular complexity index is 255. The first-order valence-corrected chi connectivity index (χ1v) is 4.28. The summed E-state index contributed by atoms with van der Waals surface area (Å²) in [4.78, 5) is 11.2. The number of amides is 2. The summed E-state index contributed by atoms with van der Waals surface area (Å²) in [6.45, 7) is 7.16. The summed E-state index contributed by atoms with van der Waals surface area (Å²) in [6.07, 6.45) is 4.00. The van der Waals surface area contributed by atoms with Crippen LogP contribution >= 0.6 is 0 Å². The van der Waals surface area contributed by atoms with Crippen LogP contribution in [0, 0.1) is 0 Å². The Kier molecular flexibility index (Phi) is 2.93. The van der Waals surface area contributed by atoms with Gasteiger partial charge in [0.15, 0.2) is 0 Å². The van der Waals surface area contributed by atoms with Gasteiger partial charge in [-0.05, 0) is 12.8 Å². The lowest BCUT2D eigenvalue weighted by molar-refractivity contribution is -0.103. The van der Waals surface area contributed by atoms with Crippen molar-refractivity contribution < 1.29 is 15.2 Å². The van der Waals surface area contributed by atoms with E-state index >= 15 is 0 Å². The molecule has 0 aromatic rings. The molecule has 5 nitrogen and oxygen atoms in total. The Morgan fingerprint density at radius 1 is 1.36 bits per heavy atom. The number of urea groups is 1. The van der Waals surface area contributed by atoms with Crippen molar-refractivity contribution in [1.82, 2.24) is 10.1 Å². The van der Waals surface area contributed by atoms with Crippen LogP contribution in [0.25, 0.3) is 0 Å². The number of hydrogen-bond donors (Lipinski definition) is 2. The maximum Gasteiger partial charge on any atom is 0.368 e. The van der Waals surface area contributed by atoms with Crippen LogP contribution in [-0.2, 0) is 0 Å². The molecule has 0 aromatic carbocycles. The number of nitrogens with zero attached hydrogens (tertiary/aromatic N) is 2. The van der Waals surface area contributed by atoms with Crippen LogP contribution in [0.1, 0.15) is 12.8 Å². The molecular weight excluding hydrogens is 184 g/mol. The van der Waals surface area contributed by atoms with Gasteiger partial charge in [0, 0.05) is 0 Å². The highest BCUT2D eigenvalue weighted by Gasteiger charge is 2.48. The van der Waals surface area contributed by atoms with Gasteiger partial charge in [-0.2, -0.15) is 5.06 Å². The molecule has 1 rings (SSSR count). The SMILES string of the molecule is C=CCC1(CC=C)CN(O)C(=O)N1O. The molecule has 0 saturated carbocycles. The highest BCUT2D eigenvalue weighted by Crippen LogP contribution is 2.30. The van der Waals surface area contributed by atoms with Gasteiger partial charge in [0.1, 0.15) is 0 Å². The summed E-state index contributed by atoms with van der Waals surface area (Å²) in [7, 11) is 0. The lowest BCUT2D eigenvalue weighted by atomic mass is 9.92.